The van der Waals surface area contributed by atoms with Gasteiger partial charge < -0.3 is 25.0 Å². The maximum absolute atomic E-state index is 12.6. The molecule has 2 aliphatic heterocycles. The molecule has 2 N–H and O–H groups in total. The number of likely N-dealkylation sites (tertiary alicyclic amines) is 1. The third kappa shape index (κ3) is 3.83. The van der Waals surface area contributed by atoms with Crippen molar-refractivity contribution in [1.29, 1.82) is 0 Å². The highest BCUT2D eigenvalue weighted by Gasteiger charge is 2.56. The summed E-state index contributed by atoms with van der Waals surface area (Å²) in [6.45, 7) is 8.69. The highest BCUT2D eigenvalue weighted by Crippen LogP contribution is 2.51. The molecule has 1 saturated carbocycles. The number of amides is 2. The van der Waals surface area contributed by atoms with Crippen LogP contribution in [0.15, 0.2) is 0 Å². The summed E-state index contributed by atoms with van der Waals surface area (Å²) in [4.78, 5) is 28.3. The smallest absolute Gasteiger partial charge is 0.410 e. The minimum absolute atomic E-state index is 0.0485. The molecule has 7 nitrogen and oxygen atoms in total. The van der Waals surface area contributed by atoms with Gasteiger partial charge >= 0.3 is 6.09 Å². The average Bonchev–Trinajstić information content (AvgIpc) is 3.01. The Morgan fingerprint density at radius 3 is 2.54 bits per heavy atom. The van der Waals surface area contributed by atoms with E-state index in [2.05, 4.69) is 5.32 Å². The quantitative estimate of drug-likeness (QED) is 0.770. The summed E-state index contributed by atoms with van der Waals surface area (Å²) < 4.78 is 5.55. The third-order valence-electron chi connectivity index (χ3n) is 6.13. The second kappa shape index (κ2) is 7.00. The molecular weight excluding hydrogens is 334 g/mol. The zero-order chi connectivity index (χ0) is 19.0. The van der Waals surface area contributed by atoms with Crippen LogP contribution in [0.1, 0.15) is 52.9 Å². The molecular formula is C19H33N3O4. The number of aliphatic hydroxyl groups is 1. The maximum Gasteiger partial charge on any atom is 0.410 e. The average molecular weight is 367 g/mol. The number of nitrogens with zero attached hydrogens (tertiary/aromatic N) is 2. The predicted molar refractivity (Wildman–Crippen MR) is 97.7 cm³/mol. The van der Waals surface area contributed by atoms with Crippen LogP contribution in [0.4, 0.5) is 4.79 Å². The summed E-state index contributed by atoms with van der Waals surface area (Å²) in [7, 11) is 0. The van der Waals surface area contributed by atoms with Crippen LogP contribution in [0, 0.1) is 5.41 Å². The molecule has 3 aliphatic rings. The third-order valence-corrected chi connectivity index (χ3v) is 6.13. The van der Waals surface area contributed by atoms with Gasteiger partial charge in [-0.3, -0.25) is 4.79 Å². The van der Waals surface area contributed by atoms with Crippen LogP contribution in [0.3, 0.4) is 0 Å². The normalized spacial score (nSPS) is 29.3. The Balaban J connectivity index is 1.75. The Bertz CT molecular complexity index is 553. The Hall–Kier alpha value is -1.34. The fourth-order valence-corrected chi connectivity index (χ4v) is 4.71. The number of piperazine rings is 1. The largest absolute Gasteiger partial charge is 0.444 e. The van der Waals surface area contributed by atoms with E-state index in [0.29, 0.717) is 39.1 Å². The number of β-amino-alcohol motifs (C(OH)–C–C–N with tert-alkyl or cyclic N) is 1. The SMILES string of the molecule is CC(C)(C)OC(=O)N1CCC(O)(CN2CCNCC2=O)C2(CCCC2)C1. The van der Waals surface area contributed by atoms with Crippen molar-refractivity contribution in [2.75, 3.05) is 39.3 Å². The molecule has 1 unspecified atom stereocenters. The first kappa shape index (κ1) is 19.4. The second-order valence-corrected chi connectivity index (χ2v) is 9.16. The first-order chi connectivity index (χ1) is 12.1. The molecule has 0 aromatic rings. The number of carbonyl (C=O) groups excluding carboxylic acids is 2. The molecule has 2 saturated heterocycles. The highest BCUT2D eigenvalue weighted by molar-refractivity contribution is 5.79. The highest BCUT2D eigenvalue weighted by atomic mass is 16.6. The number of nitrogens with one attached hydrogen (secondary N) is 1. The lowest BCUT2D eigenvalue weighted by Gasteiger charge is -2.53. The molecule has 26 heavy (non-hydrogen) atoms. The topological polar surface area (TPSA) is 82.1 Å². The van der Waals surface area contributed by atoms with Gasteiger partial charge in [0.1, 0.15) is 5.60 Å². The van der Waals surface area contributed by atoms with Gasteiger partial charge in [-0.2, -0.15) is 0 Å². The van der Waals surface area contributed by atoms with Crippen molar-refractivity contribution in [3.05, 3.63) is 0 Å². The van der Waals surface area contributed by atoms with Crippen molar-refractivity contribution in [3.8, 4) is 0 Å². The zero-order valence-corrected chi connectivity index (χ0v) is 16.3. The number of ether oxygens (including phenoxy) is 1. The first-order valence-electron chi connectivity index (χ1n) is 9.83. The number of hydrogen-bond donors (Lipinski definition) is 2. The van der Waals surface area contributed by atoms with Crippen LogP contribution < -0.4 is 5.32 Å². The van der Waals surface area contributed by atoms with Crippen molar-refractivity contribution in [3.63, 3.8) is 0 Å². The lowest BCUT2D eigenvalue weighted by atomic mass is 9.65. The van der Waals surface area contributed by atoms with E-state index in [9.17, 15) is 14.7 Å². The minimum Gasteiger partial charge on any atom is -0.444 e. The Morgan fingerprint density at radius 2 is 1.92 bits per heavy atom. The van der Waals surface area contributed by atoms with E-state index in [0.717, 1.165) is 32.2 Å². The monoisotopic (exact) mass is 367 g/mol. The van der Waals surface area contributed by atoms with Crippen molar-refractivity contribution in [2.24, 2.45) is 5.41 Å². The number of piperidine rings is 1. The van der Waals surface area contributed by atoms with Crippen molar-refractivity contribution >= 4 is 12.0 Å². The van der Waals surface area contributed by atoms with Crippen LogP contribution in [0.2, 0.25) is 0 Å². The van der Waals surface area contributed by atoms with Crippen molar-refractivity contribution < 1.29 is 19.4 Å². The van der Waals surface area contributed by atoms with Gasteiger partial charge in [-0.1, -0.05) is 12.8 Å². The van der Waals surface area contributed by atoms with Gasteiger partial charge in [0.25, 0.3) is 0 Å². The van der Waals surface area contributed by atoms with E-state index in [1.807, 2.05) is 20.8 Å². The number of hydrogen-bond acceptors (Lipinski definition) is 5. The summed E-state index contributed by atoms with van der Waals surface area (Å²) in [6.07, 6.45) is 4.08. The van der Waals surface area contributed by atoms with Crippen LogP contribution in [-0.4, -0.2) is 77.4 Å². The van der Waals surface area contributed by atoms with Crippen LogP contribution >= 0.6 is 0 Å². The van der Waals surface area contributed by atoms with E-state index in [-0.39, 0.29) is 17.4 Å². The van der Waals surface area contributed by atoms with Gasteiger partial charge in [0.15, 0.2) is 0 Å². The zero-order valence-electron chi connectivity index (χ0n) is 16.3. The van der Waals surface area contributed by atoms with Gasteiger partial charge in [-0.25, -0.2) is 4.79 Å². The molecule has 0 bridgehead atoms. The minimum atomic E-state index is -0.936. The van der Waals surface area contributed by atoms with Gasteiger partial charge in [0.2, 0.25) is 5.91 Å². The lowest BCUT2D eigenvalue weighted by Crippen LogP contribution is -2.65. The molecule has 0 radical (unpaired) electrons. The number of carbonyl (C=O) groups is 2. The van der Waals surface area contributed by atoms with Gasteiger partial charge in [-0.05, 0) is 40.0 Å². The predicted octanol–water partition coefficient (Wildman–Crippen LogP) is 1.35. The van der Waals surface area contributed by atoms with Gasteiger partial charge in [0, 0.05) is 31.6 Å². The van der Waals surface area contributed by atoms with E-state index in [1.54, 1.807) is 9.80 Å². The van der Waals surface area contributed by atoms with Crippen LogP contribution in [0.25, 0.3) is 0 Å². The Morgan fingerprint density at radius 1 is 1.23 bits per heavy atom. The fourth-order valence-electron chi connectivity index (χ4n) is 4.71. The summed E-state index contributed by atoms with van der Waals surface area (Å²) in [6, 6.07) is 0. The maximum atomic E-state index is 12.6. The summed E-state index contributed by atoms with van der Waals surface area (Å²) in [5.41, 5.74) is -1.80. The second-order valence-electron chi connectivity index (χ2n) is 9.16. The molecule has 2 amide bonds. The molecule has 2 heterocycles. The summed E-state index contributed by atoms with van der Waals surface area (Å²) in [5, 5.41) is 14.7. The van der Waals surface area contributed by atoms with Gasteiger partial charge in [-0.15, -0.1) is 0 Å². The molecule has 1 aliphatic carbocycles. The molecule has 148 valence electrons. The molecule has 3 rings (SSSR count). The van der Waals surface area contributed by atoms with Crippen LogP contribution in [0.5, 0.6) is 0 Å². The van der Waals surface area contributed by atoms with E-state index >= 15 is 0 Å². The Kier molecular flexibility index (Phi) is 5.23. The fraction of sp³-hybridized carbons (Fsp3) is 0.895. The lowest BCUT2D eigenvalue weighted by molar-refractivity contribution is -0.158. The molecule has 0 aromatic carbocycles. The van der Waals surface area contributed by atoms with Crippen molar-refractivity contribution in [1.82, 2.24) is 15.1 Å². The Labute approximate surface area is 156 Å². The standard InChI is InChI=1S/C19H33N3O4/c1-17(2,3)26-16(24)22-10-8-19(25,18(13-22)6-4-5-7-18)14-21-11-9-20-12-15(21)23/h20,25H,4-14H2,1-3H3. The molecule has 7 heteroatoms. The van der Waals surface area contributed by atoms with Crippen LogP contribution in [-0.2, 0) is 9.53 Å². The van der Waals surface area contributed by atoms with Gasteiger partial charge in [0.05, 0.1) is 18.7 Å². The first-order valence-corrected chi connectivity index (χ1v) is 9.83. The summed E-state index contributed by atoms with van der Waals surface area (Å²) >= 11 is 0. The van der Waals surface area contributed by atoms with E-state index in [1.165, 1.54) is 0 Å². The van der Waals surface area contributed by atoms with E-state index in [4.69, 9.17) is 4.74 Å². The van der Waals surface area contributed by atoms with E-state index < -0.39 is 11.2 Å². The molecule has 1 spiro atoms. The molecule has 3 fully saturated rings. The molecule has 1 atom stereocenters. The summed E-state index contributed by atoms with van der Waals surface area (Å²) in [5.74, 6) is 0.0485. The van der Waals surface area contributed by atoms with Crippen molar-refractivity contribution in [2.45, 2.75) is 64.1 Å². The number of rotatable bonds is 2. The molecule has 0 aromatic heterocycles.